The number of ether oxygens (including phenoxy) is 2. The molecule has 1 aliphatic rings. The Morgan fingerprint density at radius 2 is 1.87 bits per heavy atom. The molecule has 8 nitrogen and oxygen atoms in total. The summed E-state index contributed by atoms with van der Waals surface area (Å²) in [7, 11) is 1.26. The van der Waals surface area contributed by atoms with Gasteiger partial charge in [0.15, 0.2) is 11.5 Å². The Morgan fingerprint density at radius 3 is 2.53 bits per heavy atom. The third-order valence-electron chi connectivity index (χ3n) is 4.32. The Bertz CT molecular complexity index is 978. The highest BCUT2D eigenvalue weighted by atomic mass is 35.5. The smallest absolute Gasteiger partial charge is 0.416 e. The van der Waals surface area contributed by atoms with Gasteiger partial charge in [0.2, 0.25) is 0 Å². The molecule has 0 fully saturated rings. The van der Waals surface area contributed by atoms with Gasteiger partial charge in [-0.2, -0.15) is 0 Å². The number of rotatable bonds is 3. The second kappa shape index (κ2) is 8.65. The highest BCUT2D eigenvalue weighted by Gasteiger charge is 2.33. The van der Waals surface area contributed by atoms with Gasteiger partial charge in [0.25, 0.3) is 0 Å². The number of esters is 1. The minimum atomic E-state index is -0.665. The lowest BCUT2D eigenvalue weighted by Crippen LogP contribution is -2.46. The van der Waals surface area contributed by atoms with Gasteiger partial charge in [-0.3, -0.25) is 4.90 Å². The van der Waals surface area contributed by atoms with Gasteiger partial charge < -0.3 is 14.4 Å². The quantitative estimate of drug-likeness (QED) is 0.640. The molecule has 10 heteroatoms. The molecule has 0 bridgehead atoms. The molecule has 2 aromatic rings. The van der Waals surface area contributed by atoms with E-state index in [0.29, 0.717) is 41.2 Å². The van der Waals surface area contributed by atoms with Crippen LogP contribution < -0.4 is 9.80 Å². The van der Waals surface area contributed by atoms with Crippen LogP contribution in [0.1, 0.15) is 36.8 Å². The lowest BCUT2D eigenvalue weighted by Gasteiger charge is -2.37. The fraction of sp³-hybridized carbons (Fsp3) is 0.400. The Labute approximate surface area is 184 Å². The number of benzene rings is 1. The molecular formula is C20H22Cl2N4O4. The van der Waals surface area contributed by atoms with Gasteiger partial charge in [0.1, 0.15) is 5.60 Å². The van der Waals surface area contributed by atoms with Crippen molar-refractivity contribution in [2.24, 2.45) is 0 Å². The summed E-state index contributed by atoms with van der Waals surface area (Å²) in [6.07, 6.45) is -0.538. The summed E-state index contributed by atoms with van der Waals surface area (Å²) < 4.78 is 10.2. The number of fused-ring (bicyclic) bond motifs is 1. The number of aromatic nitrogens is 2. The van der Waals surface area contributed by atoms with Crippen molar-refractivity contribution in [2.45, 2.75) is 32.9 Å². The van der Waals surface area contributed by atoms with Gasteiger partial charge >= 0.3 is 12.1 Å². The van der Waals surface area contributed by atoms with E-state index in [-0.39, 0.29) is 5.69 Å². The van der Waals surface area contributed by atoms with Crippen molar-refractivity contribution >= 4 is 46.8 Å². The van der Waals surface area contributed by atoms with Crippen LogP contribution in [0, 0.1) is 0 Å². The van der Waals surface area contributed by atoms with Gasteiger partial charge in [-0.05, 0) is 44.5 Å². The molecule has 0 atom stereocenters. The van der Waals surface area contributed by atoms with Crippen molar-refractivity contribution in [1.82, 2.24) is 10.2 Å². The summed E-state index contributed by atoms with van der Waals surface area (Å²) >= 11 is 12.4. The highest BCUT2D eigenvalue weighted by Crippen LogP contribution is 2.34. The van der Waals surface area contributed by atoms with E-state index < -0.39 is 17.7 Å². The molecular weight excluding hydrogens is 431 g/mol. The normalized spacial score (nSPS) is 13.7. The molecule has 0 unspecified atom stereocenters. The molecule has 160 valence electrons. The number of carbonyl (C=O) groups excluding carboxylic acids is 2. The SMILES string of the molecule is COC(=O)c1cc2c(nn1)N(C(=O)OC(C)(C)C)CCN2Cc1cc(Cl)ccc1Cl. The number of carbonyl (C=O) groups is 2. The van der Waals surface area contributed by atoms with Crippen molar-refractivity contribution < 1.29 is 19.1 Å². The lowest BCUT2D eigenvalue weighted by atomic mass is 10.1. The Hall–Kier alpha value is -2.58. The third kappa shape index (κ3) is 4.94. The molecule has 0 saturated heterocycles. The maximum Gasteiger partial charge on any atom is 0.416 e. The van der Waals surface area contributed by atoms with E-state index in [1.54, 1.807) is 45.0 Å². The predicted octanol–water partition coefficient (Wildman–Crippen LogP) is 4.33. The van der Waals surface area contributed by atoms with E-state index in [4.69, 9.17) is 32.7 Å². The van der Waals surface area contributed by atoms with Crippen LogP contribution in [-0.4, -0.2) is 48.1 Å². The largest absolute Gasteiger partial charge is 0.464 e. The maximum absolute atomic E-state index is 12.7. The average molecular weight is 453 g/mol. The van der Waals surface area contributed by atoms with Gasteiger partial charge in [-0.25, -0.2) is 9.59 Å². The topological polar surface area (TPSA) is 84.9 Å². The standard InChI is InChI=1S/C20H22Cl2N4O4/c1-20(2,3)30-19(28)26-8-7-25(11-12-9-13(21)5-6-14(12)22)16-10-15(18(27)29-4)23-24-17(16)26/h5-6,9-10H,7-8,11H2,1-4H3. The number of anilines is 2. The zero-order valence-electron chi connectivity index (χ0n) is 17.1. The van der Waals surface area contributed by atoms with Crippen molar-refractivity contribution in [3.05, 3.63) is 45.6 Å². The minimum absolute atomic E-state index is 0.0319. The second-order valence-corrected chi connectivity index (χ2v) is 8.56. The zero-order chi connectivity index (χ0) is 22.1. The van der Waals surface area contributed by atoms with E-state index in [2.05, 4.69) is 10.2 Å². The first-order valence-electron chi connectivity index (χ1n) is 9.24. The van der Waals surface area contributed by atoms with Gasteiger partial charge in [-0.1, -0.05) is 23.2 Å². The van der Waals surface area contributed by atoms with Crippen molar-refractivity contribution in [3.8, 4) is 0 Å². The van der Waals surface area contributed by atoms with Gasteiger partial charge in [-0.15, -0.1) is 10.2 Å². The van der Waals surface area contributed by atoms with E-state index in [0.717, 1.165) is 5.56 Å². The summed E-state index contributed by atoms with van der Waals surface area (Å²) in [4.78, 5) is 28.0. The molecule has 1 aromatic heterocycles. The van der Waals surface area contributed by atoms with E-state index in [9.17, 15) is 9.59 Å². The summed E-state index contributed by atoms with van der Waals surface area (Å²) in [5.74, 6) is -0.332. The summed E-state index contributed by atoms with van der Waals surface area (Å²) in [6, 6.07) is 6.76. The number of hydrogen-bond donors (Lipinski definition) is 0. The number of methoxy groups -OCH3 is 1. The van der Waals surface area contributed by atoms with Crippen molar-refractivity contribution in [1.29, 1.82) is 0 Å². The molecule has 1 aromatic carbocycles. The fourth-order valence-electron chi connectivity index (χ4n) is 2.98. The highest BCUT2D eigenvalue weighted by molar-refractivity contribution is 6.33. The van der Waals surface area contributed by atoms with E-state index >= 15 is 0 Å². The first-order chi connectivity index (χ1) is 14.1. The van der Waals surface area contributed by atoms with Crippen LogP contribution in [0.25, 0.3) is 0 Å². The minimum Gasteiger partial charge on any atom is -0.464 e. The molecule has 1 aliphatic heterocycles. The van der Waals surface area contributed by atoms with Crippen LogP contribution in [0.3, 0.4) is 0 Å². The number of nitrogens with zero attached hydrogens (tertiary/aromatic N) is 4. The summed E-state index contributed by atoms with van der Waals surface area (Å²) in [5, 5.41) is 9.16. The predicted molar refractivity (Wildman–Crippen MR) is 114 cm³/mol. The van der Waals surface area contributed by atoms with Crippen molar-refractivity contribution in [3.63, 3.8) is 0 Å². The van der Waals surface area contributed by atoms with Crippen LogP contribution in [0.5, 0.6) is 0 Å². The van der Waals surface area contributed by atoms with Gasteiger partial charge in [0, 0.05) is 35.7 Å². The molecule has 1 amide bonds. The fourth-order valence-corrected chi connectivity index (χ4v) is 3.35. The first-order valence-corrected chi connectivity index (χ1v) is 10.00. The number of amides is 1. The number of hydrogen-bond acceptors (Lipinski definition) is 7. The van der Waals surface area contributed by atoms with Crippen LogP contribution in [0.4, 0.5) is 16.3 Å². The molecule has 0 aliphatic carbocycles. The van der Waals surface area contributed by atoms with Crippen LogP contribution in [-0.2, 0) is 16.0 Å². The van der Waals surface area contributed by atoms with Gasteiger partial charge in [0.05, 0.1) is 12.8 Å². The monoisotopic (exact) mass is 452 g/mol. The van der Waals surface area contributed by atoms with E-state index in [1.807, 2.05) is 4.90 Å². The van der Waals surface area contributed by atoms with Crippen molar-refractivity contribution in [2.75, 3.05) is 30.0 Å². The number of halogens is 2. The summed E-state index contributed by atoms with van der Waals surface area (Å²) in [5.41, 5.74) is 0.711. The molecule has 0 radical (unpaired) electrons. The average Bonchev–Trinajstić information content (AvgIpc) is 2.68. The summed E-state index contributed by atoms with van der Waals surface area (Å²) in [6.45, 7) is 6.55. The van der Waals surface area contributed by atoms with Crippen LogP contribution >= 0.6 is 23.2 Å². The molecule has 2 heterocycles. The lowest BCUT2D eigenvalue weighted by molar-refractivity contribution is 0.0577. The second-order valence-electron chi connectivity index (χ2n) is 7.72. The van der Waals surface area contributed by atoms with Crippen LogP contribution in [0.2, 0.25) is 10.0 Å². The molecule has 30 heavy (non-hydrogen) atoms. The first kappa shape index (κ1) is 22.1. The zero-order valence-corrected chi connectivity index (χ0v) is 18.6. The van der Waals surface area contributed by atoms with Crippen LogP contribution in [0.15, 0.2) is 24.3 Å². The maximum atomic E-state index is 12.7. The Kier molecular flexibility index (Phi) is 6.38. The molecule has 0 N–H and O–H groups in total. The van der Waals surface area contributed by atoms with E-state index in [1.165, 1.54) is 12.0 Å². The Balaban J connectivity index is 2.00. The molecule has 0 saturated carbocycles. The molecule has 3 rings (SSSR count). The third-order valence-corrected chi connectivity index (χ3v) is 4.93. The molecule has 0 spiro atoms. The Morgan fingerprint density at radius 1 is 1.13 bits per heavy atom.